The Hall–Kier alpha value is -2.43. The number of nitrogens with one attached hydrogen (secondary N) is 1. The summed E-state index contributed by atoms with van der Waals surface area (Å²) in [5.41, 5.74) is -0.987. The zero-order valence-corrected chi connectivity index (χ0v) is 14.8. The van der Waals surface area contributed by atoms with Crippen molar-refractivity contribution in [3.63, 3.8) is 0 Å². The normalized spacial score (nSPS) is 22.5. The van der Waals surface area contributed by atoms with E-state index in [1.807, 2.05) is 0 Å². The molecule has 1 fully saturated rings. The summed E-state index contributed by atoms with van der Waals surface area (Å²) in [6, 6.07) is 3.53. The molecular weight excluding hydrogens is 387 g/mol. The van der Waals surface area contributed by atoms with Gasteiger partial charge in [0.25, 0.3) is 5.91 Å². The number of hydrazone groups is 1. The van der Waals surface area contributed by atoms with Crippen molar-refractivity contribution >= 4 is 33.1 Å². The molecular formula is C16H16F3N3O4S. The van der Waals surface area contributed by atoms with Crippen molar-refractivity contribution in [3.8, 4) is 0 Å². The van der Waals surface area contributed by atoms with Gasteiger partial charge in [0.1, 0.15) is 5.71 Å². The fraction of sp³-hybridized carbons (Fsp3) is 0.438. The molecule has 0 radical (unpaired) electrons. The Morgan fingerprint density at radius 2 is 2.00 bits per heavy atom. The molecule has 0 saturated carbocycles. The first kappa shape index (κ1) is 19.3. The highest BCUT2D eigenvalue weighted by molar-refractivity contribution is 7.91. The van der Waals surface area contributed by atoms with Gasteiger partial charge >= 0.3 is 6.18 Å². The number of halogens is 3. The molecule has 1 aromatic carbocycles. The number of carbonyl (C=O) groups is 2. The number of carbonyl (C=O) groups excluding carboxylic acids is 2. The maximum absolute atomic E-state index is 12.8. The highest BCUT2D eigenvalue weighted by Crippen LogP contribution is 2.30. The summed E-state index contributed by atoms with van der Waals surface area (Å²) in [6.07, 6.45) is -4.30. The molecule has 2 amide bonds. The lowest BCUT2D eigenvalue weighted by atomic mass is 10.1. The average Bonchev–Trinajstić information content (AvgIpc) is 2.94. The van der Waals surface area contributed by atoms with Crippen LogP contribution in [0.3, 0.4) is 0 Å². The molecule has 1 aromatic rings. The number of hydrogen-bond acceptors (Lipinski definition) is 5. The summed E-state index contributed by atoms with van der Waals surface area (Å²) < 4.78 is 61.5. The molecule has 0 bridgehead atoms. The lowest BCUT2D eigenvalue weighted by Crippen LogP contribution is -2.42. The fourth-order valence-electron chi connectivity index (χ4n) is 2.96. The third-order valence-electron chi connectivity index (χ3n) is 4.32. The molecule has 27 heavy (non-hydrogen) atoms. The van der Waals surface area contributed by atoms with Gasteiger partial charge in [0, 0.05) is 18.5 Å². The van der Waals surface area contributed by atoms with E-state index in [9.17, 15) is 31.2 Å². The van der Waals surface area contributed by atoms with E-state index in [0.717, 1.165) is 17.1 Å². The molecule has 0 aromatic heterocycles. The van der Waals surface area contributed by atoms with Gasteiger partial charge in [-0.25, -0.2) is 13.4 Å². The van der Waals surface area contributed by atoms with E-state index < -0.39 is 33.5 Å². The Morgan fingerprint density at radius 1 is 1.26 bits per heavy atom. The summed E-state index contributed by atoms with van der Waals surface area (Å²) in [6.45, 7) is 0. The zero-order valence-electron chi connectivity index (χ0n) is 14.0. The molecule has 11 heteroatoms. The van der Waals surface area contributed by atoms with Crippen molar-refractivity contribution in [3.05, 3.63) is 29.8 Å². The molecule has 2 aliphatic heterocycles. The molecule has 7 nitrogen and oxygen atoms in total. The number of amides is 2. The Labute approximate surface area is 153 Å². The molecule has 146 valence electrons. The van der Waals surface area contributed by atoms with Gasteiger partial charge in [0.15, 0.2) is 9.84 Å². The van der Waals surface area contributed by atoms with E-state index in [0.29, 0.717) is 0 Å². The van der Waals surface area contributed by atoms with Gasteiger partial charge in [0.2, 0.25) is 5.91 Å². The summed E-state index contributed by atoms with van der Waals surface area (Å²) in [5, 5.41) is 7.34. The standard InChI is InChI=1S/C16H16F3N3O4S/c17-16(18,19)10-2-1-3-11(8-10)20-15(24)13-4-5-14(23)22(21-13)12-6-7-27(25,26)9-12/h1-3,8,12H,4-7,9H2,(H,20,24)/t12-/m1/s1. The fourth-order valence-corrected chi connectivity index (χ4v) is 4.66. The van der Waals surface area contributed by atoms with Crippen molar-refractivity contribution in [2.24, 2.45) is 5.10 Å². The van der Waals surface area contributed by atoms with Gasteiger partial charge in [-0.05, 0) is 24.6 Å². The molecule has 1 N–H and O–H groups in total. The average molecular weight is 403 g/mol. The van der Waals surface area contributed by atoms with Crippen LogP contribution in [0.4, 0.5) is 18.9 Å². The molecule has 0 spiro atoms. The Morgan fingerprint density at radius 3 is 2.63 bits per heavy atom. The van der Waals surface area contributed by atoms with E-state index in [2.05, 4.69) is 10.4 Å². The van der Waals surface area contributed by atoms with Crippen molar-refractivity contribution in [2.75, 3.05) is 16.8 Å². The van der Waals surface area contributed by atoms with Gasteiger partial charge in [-0.1, -0.05) is 6.07 Å². The second-order valence-electron chi connectivity index (χ2n) is 6.37. The second kappa shape index (κ2) is 6.95. The molecule has 0 aliphatic carbocycles. The van der Waals surface area contributed by atoms with Crippen molar-refractivity contribution in [1.82, 2.24) is 5.01 Å². The van der Waals surface area contributed by atoms with E-state index >= 15 is 0 Å². The molecule has 1 atom stereocenters. The van der Waals surface area contributed by atoms with Crippen LogP contribution in [0.2, 0.25) is 0 Å². The maximum atomic E-state index is 12.8. The molecule has 3 rings (SSSR count). The number of hydrogen-bond donors (Lipinski definition) is 1. The van der Waals surface area contributed by atoms with E-state index in [1.165, 1.54) is 12.1 Å². The first-order chi connectivity index (χ1) is 12.5. The quantitative estimate of drug-likeness (QED) is 0.833. The number of alkyl halides is 3. The van der Waals surface area contributed by atoms with Gasteiger partial charge in [0.05, 0.1) is 23.1 Å². The third kappa shape index (κ3) is 4.46. The van der Waals surface area contributed by atoms with Crippen molar-refractivity contribution < 1.29 is 31.2 Å². The SMILES string of the molecule is O=C(Nc1cccc(C(F)(F)F)c1)C1=NN([C@@H]2CCS(=O)(=O)C2)C(=O)CC1. The van der Waals surface area contributed by atoms with Gasteiger partial charge in [-0.2, -0.15) is 18.3 Å². The largest absolute Gasteiger partial charge is 0.416 e. The number of anilines is 1. The zero-order chi connectivity index (χ0) is 19.8. The molecule has 2 heterocycles. The van der Waals surface area contributed by atoms with E-state index in [-0.39, 0.29) is 48.1 Å². The minimum atomic E-state index is -4.54. The highest BCUT2D eigenvalue weighted by atomic mass is 32.2. The van der Waals surface area contributed by atoms with Crippen LogP contribution >= 0.6 is 0 Å². The third-order valence-corrected chi connectivity index (χ3v) is 6.07. The van der Waals surface area contributed by atoms with Crippen LogP contribution in [0, 0.1) is 0 Å². The van der Waals surface area contributed by atoms with Gasteiger partial charge in [-0.3, -0.25) is 9.59 Å². The number of benzene rings is 1. The minimum absolute atomic E-state index is 0.0224. The minimum Gasteiger partial charge on any atom is -0.321 e. The molecule has 2 aliphatic rings. The predicted octanol–water partition coefficient (Wildman–Crippen LogP) is 1.81. The second-order valence-corrected chi connectivity index (χ2v) is 8.60. The monoisotopic (exact) mass is 403 g/mol. The predicted molar refractivity (Wildman–Crippen MR) is 90.6 cm³/mol. The topological polar surface area (TPSA) is 95.9 Å². The summed E-state index contributed by atoms with van der Waals surface area (Å²) in [7, 11) is -3.24. The number of sulfone groups is 1. The lowest BCUT2D eigenvalue weighted by Gasteiger charge is -2.27. The maximum Gasteiger partial charge on any atom is 0.416 e. The molecule has 0 unspecified atom stereocenters. The highest BCUT2D eigenvalue weighted by Gasteiger charge is 2.37. The van der Waals surface area contributed by atoms with Crippen LogP contribution in [0.15, 0.2) is 29.4 Å². The van der Waals surface area contributed by atoms with Crippen LogP contribution in [0.25, 0.3) is 0 Å². The van der Waals surface area contributed by atoms with Crippen LogP contribution in [-0.2, 0) is 25.6 Å². The summed E-state index contributed by atoms with van der Waals surface area (Å²) in [4.78, 5) is 24.4. The first-order valence-corrected chi connectivity index (χ1v) is 9.96. The van der Waals surface area contributed by atoms with Crippen molar-refractivity contribution in [1.29, 1.82) is 0 Å². The van der Waals surface area contributed by atoms with Crippen LogP contribution in [-0.4, -0.2) is 48.5 Å². The first-order valence-electron chi connectivity index (χ1n) is 8.14. The summed E-state index contributed by atoms with van der Waals surface area (Å²) in [5.74, 6) is -1.38. The summed E-state index contributed by atoms with van der Waals surface area (Å²) >= 11 is 0. The van der Waals surface area contributed by atoms with Crippen LogP contribution < -0.4 is 5.32 Å². The Bertz CT molecular complexity index is 912. The molecule has 1 saturated heterocycles. The van der Waals surface area contributed by atoms with E-state index in [4.69, 9.17) is 0 Å². The van der Waals surface area contributed by atoms with Gasteiger partial charge in [-0.15, -0.1) is 0 Å². The lowest BCUT2D eigenvalue weighted by molar-refractivity contribution is -0.137. The Kier molecular flexibility index (Phi) is 4.98. The van der Waals surface area contributed by atoms with Gasteiger partial charge < -0.3 is 5.32 Å². The van der Waals surface area contributed by atoms with Crippen LogP contribution in [0.5, 0.6) is 0 Å². The van der Waals surface area contributed by atoms with Crippen molar-refractivity contribution in [2.45, 2.75) is 31.5 Å². The number of rotatable bonds is 3. The van der Waals surface area contributed by atoms with Crippen LogP contribution in [0.1, 0.15) is 24.8 Å². The Balaban J connectivity index is 1.76. The smallest absolute Gasteiger partial charge is 0.321 e. The number of nitrogens with zero attached hydrogens (tertiary/aromatic N) is 2. The van der Waals surface area contributed by atoms with E-state index in [1.54, 1.807) is 0 Å².